The van der Waals surface area contributed by atoms with Gasteiger partial charge in [0, 0.05) is 18.3 Å². The topological polar surface area (TPSA) is 43.4 Å². The lowest BCUT2D eigenvalue weighted by molar-refractivity contribution is -0.194. The van der Waals surface area contributed by atoms with Crippen LogP contribution in [0.4, 0.5) is 0 Å². The van der Waals surface area contributed by atoms with E-state index in [9.17, 15) is 9.59 Å². The van der Waals surface area contributed by atoms with E-state index < -0.39 is 5.60 Å². The van der Waals surface area contributed by atoms with E-state index in [2.05, 4.69) is 0 Å². The molecule has 15 heavy (non-hydrogen) atoms. The Kier molecular flexibility index (Phi) is 1.85. The van der Waals surface area contributed by atoms with Gasteiger partial charge in [0.25, 0.3) is 0 Å². The number of rotatable bonds is 0. The van der Waals surface area contributed by atoms with Crippen LogP contribution in [0.5, 0.6) is 0 Å². The first-order valence-corrected chi connectivity index (χ1v) is 5.92. The number of hydrogen-bond donors (Lipinski definition) is 0. The summed E-state index contributed by atoms with van der Waals surface area (Å²) in [5.41, 5.74) is -1.17. The zero-order valence-electron chi connectivity index (χ0n) is 8.88. The molecule has 2 saturated carbocycles. The van der Waals surface area contributed by atoms with Gasteiger partial charge in [-0.1, -0.05) is 12.8 Å². The minimum Gasteiger partial charge on any atom is -0.359 e. The molecule has 3 heteroatoms. The van der Waals surface area contributed by atoms with Gasteiger partial charge < -0.3 is 4.74 Å². The van der Waals surface area contributed by atoms with Crippen molar-refractivity contribution in [2.24, 2.45) is 5.41 Å². The highest BCUT2D eigenvalue weighted by Crippen LogP contribution is 2.51. The first-order valence-electron chi connectivity index (χ1n) is 5.92. The van der Waals surface area contributed by atoms with Crippen LogP contribution in [-0.4, -0.2) is 23.8 Å². The lowest BCUT2D eigenvalue weighted by atomic mass is 9.62. The number of hydrogen-bond acceptors (Lipinski definition) is 3. The molecule has 1 saturated heterocycles. The molecule has 2 aliphatic carbocycles. The van der Waals surface area contributed by atoms with Crippen LogP contribution in [0, 0.1) is 5.41 Å². The van der Waals surface area contributed by atoms with E-state index in [-0.39, 0.29) is 17.0 Å². The van der Waals surface area contributed by atoms with Gasteiger partial charge in [-0.25, -0.2) is 0 Å². The molecule has 0 aromatic rings. The van der Waals surface area contributed by atoms with Gasteiger partial charge in [-0.3, -0.25) is 9.59 Å². The summed E-state index contributed by atoms with van der Waals surface area (Å²) in [4.78, 5) is 24.2. The molecule has 3 aliphatic rings. The molecule has 1 aliphatic heterocycles. The molecule has 1 atom stereocenters. The quantitative estimate of drug-likeness (QED) is 0.568. The predicted molar refractivity (Wildman–Crippen MR) is 53.4 cm³/mol. The van der Waals surface area contributed by atoms with Crippen LogP contribution in [0.1, 0.15) is 44.9 Å². The summed E-state index contributed by atoms with van der Waals surface area (Å²) in [6.45, 7) is 0.577. The minimum absolute atomic E-state index is 0.0382. The SMILES string of the molecule is O=C1CCC2(CCCC2)C(=O)C12CCO2. The summed E-state index contributed by atoms with van der Waals surface area (Å²) in [7, 11) is 0. The Morgan fingerprint density at radius 3 is 2.20 bits per heavy atom. The van der Waals surface area contributed by atoms with E-state index in [1.54, 1.807) is 0 Å². The Balaban J connectivity index is 1.96. The van der Waals surface area contributed by atoms with Crippen LogP contribution in [0.15, 0.2) is 0 Å². The average molecular weight is 208 g/mol. The second-order valence-electron chi connectivity index (χ2n) is 5.17. The highest BCUT2D eigenvalue weighted by molar-refractivity contribution is 6.15. The fourth-order valence-electron chi connectivity index (χ4n) is 3.46. The standard InChI is InChI=1S/C12H16O3/c13-9-3-6-11(4-1-2-5-11)10(14)12(9)7-8-15-12/h1-8H2. The second kappa shape index (κ2) is 2.91. The predicted octanol–water partition coefficient (Wildman–Crippen LogP) is 1.64. The van der Waals surface area contributed by atoms with Crippen molar-refractivity contribution in [3.8, 4) is 0 Å². The van der Waals surface area contributed by atoms with Crippen LogP contribution in [0.25, 0.3) is 0 Å². The van der Waals surface area contributed by atoms with Crippen molar-refractivity contribution in [1.29, 1.82) is 0 Å². The maximum Gasteiger partial charge on any atom is 0.186 e. The Hall–Kier alpha value is -0.700. The summed E-state index contributed by atoms with van der Waals surface area (Å²) in [5, 5.41) is 0. The summed E-state index contributed by atoms with van der Waals surface area (Å²) < 4.78 is 5.37. The van der Waals surface area contributed by atoms with Crippen LogP contribution >= 0.6 is 0 Å². The van der Waals surface area contributed by atoms with Gasteiger partial charge in [-0.2, -0.15) is 0 Å². The van der Waals surface area contributed by atoms with Crippen molar-refractivity contribution in [3.05, 3.63) is 0 Å². The van der Waals surface area contributed by atoms with Gasteiger partial charge in [-0.15, -0.1) is 0 Å². The monoisotopic (exact) mass is 208 g/mol. The third-order valence-electron chi connectivity index (χ3n) is 4.49. The zero-order valence-corrected chi connectivity index (χ0v) is 8.88. The number of ether oxygens (including phenoxy) is 1. The molecule has 0 radical (unpaired) electrons. The lowest BCUT2D eigenvalue weighted by Gasteiger charge is -2.48. The van der Waals surface area contributed by atoms with Crippen molar-refractivity contribution in [2.45, 2.75) is 50.5 Å². The van der Waals surface area contributed by atoms with Crippen molar-refractivity contribution >= 4 is 11.6 Å². The molecular weight excluding hydrogens is 192 g/mol. The molecule has 3 nitrogen and oxygen atoms in total. The molecule has 3 rings (SSSR count). The lowest BCUT2D eigenvalue weighted by Crippen LogP contribution is -2.64. The summed E-state index contributed by atoms with van der Waals surface area (Å²) in [5.74, 6) is 0.159. The van der Waals surface area contributed by atoms with E-state index in [0.717, 1.165) is 32.1 Å². The maximum absolute atomic E-state index is 12.4. The molecule has 0 bridgehead atoms. The van der Waals surface area contributed by atoms with Gasteiger partial charge in [0.05, 0.1) is 6.61 Å². The van der Waals surface area contributed by atoms with Crippen molar-refractivity contribution in [3.63, 3.8) is 0 Å². The van der Waals surface area contributed by atoms with Crippen LogP contribution in [-0.2, 0) is 14.3 Å². The Bertz CT molecular complexity index is 322. The molecule has 2 spiro atoms. The van der Waals surface area contributed by atoms with E-state index in [1.165, 1.54) is 0 Å². The number of ketones is 2. The number of carbonyl (C=O) groups is 2. The summed E-state index contributed by atoms with van der Waals surface area (Å²) in [6.07, 6.45) is 6.18. The normalized spacial score (nSPS) is 38.7. The molecular formula is C12H16O3. The third-order valence-corrected chi connectivity index (χ3v) is 4.49. The molecule has 0 aromatic carbocycles. The van der Waals surface area contributed by atoms with Gasteiger partial charge in [-0.05, 0) is 19.3 Å². The Morgan fingerprint density at radius 1 is 1.00 bits per heavy atom. The molecule has 1 heterocycles. The van der Waals surface area contributed by atoms with E-state index >= 15 is 0 Å². The largest absolute Gasteiger partial charge is 0.359 e. The third kappa shape index (κ3) is 1.05. The fraction of sp³-hybridized carbons (Fsp3) is 0.833. The molecule has 1 unspecified atom stereocenters. The second-order valence-corrected chi connectivity index (χ2v) is 5.17. The van der Waals surface area contributed by atoms with Crippen LogP contribution in [0.2, 0.25) is 0 Å². The summed E-state index contributed by atoms with van der Waals surface area (Å²) in [6, 6.07) is 0. The van der Waals surface area contributed by atoms with Crippen LogP contribution < -0.4 is 0 Å². The highest BCUT2D eigenvalue weighted by atomic mass is 16.5. The molecule has 3 fully saturated rings. The van der Waals surface area contributed by atoms with E-state index in [1.807, 2.05) is 0 Å². The highest BCUT2D eigenvalue weighted by Gasteiger charge is 2.62. The first kappa shape index (κ1) is 9.52. The van der Waals surface area contributed by atoms with E-state index in [4.69, 9.17) is 4.74 Å². The van der Waals surface area contributed by atoms with Gasteiger partial charge >= 0.3 is 0 Å². The minimum atomic E-state index is -0.984. The molecule has 82 valence electrons. The van der Waals surface area contributed by atoms with Crippen molar-refractivity contribution < 1.29 is 14.3 Å². The van der Waals surface area contributed by atoms with Crippen molar-refractivity contribution in [1.82, 2.24) is 0 Å². The van der Waals surface area contributed by atoms with Gasteiger partial charge in [0.15, 0.2) is 17.2 Å². The Labute approximate surface area is 89.2 Å². The molecule has 0 N–H and O–H groups in total. The number of Topliss-reactive ketones (excluding diaryl/α,β-unsaturated/α-hetero) is 2. The first-order chi connectivity index (χ1) is 7.20. The smallest absolute Gasteiger partial charge is 0.186 e. The van der Waals surface area contributed by atoms with Gasteiger partial charge in [0.1, 0.15) is 0 Å². The van der Waals surface area contributed by atoms with Crippen LogP contribution in [0.3, 0.4) is 0 Å². The number of carbonyl (C=O) groups excluding carboxylic acids is 2. The molecule has 0 aromatic heterocycles. The van der Waals surface area contributed by atoms with Gasteiger partial charge in [0.2, 0.25) is 0 Å². The zero-order chi connectivity index (χ0) is 10.5. The van der Waals surface area contributed by atoms with E-state index in [0.29, 0.717) is 19.4 Å². The average Bonchev–Trinajstić information content (AvgIpc) is 2.60. The maximum atomic E-state index is 12.4. The van der Waals surface area contributed by atoms with Crippen molar-refractivity contribution in [2.75, 3.05) is 6.61 Å². The summed E-state index contributed by atoms with van der Waals surface area (Å²) >= 11 is 0. The fourth-order valence-corrected chi connectivity index (χ4v) is 3.46. The molecule has 0 amide bonds. The Morgan fingerprint density at radius 2 is 1.67 bits per heavy atom.